The summed E-state index contributed by atoms with van der Waals surface area (Å²) in [5.41, 5.74) is 2.20. The number of allylic oxidation sites excluding steroid dienone is 1. The van der Waals surface area contributed by atoms with E-state index in [1.165, 1.54) is 5.57 Å². The number of nitrogens with one attached hydrogen (secondary N) is 1. The average Bonchev–Trinajstić information content (AvgIpc) is 1.96. The first kappa shape index (κ1) is 11.6. The smallest absolute Gasteiger partial charge is 0.0473 e. The van der Waals surface area contributed by atoms with Gasteiger partial charge in [-0.1, -0.05) is 18.7 Å². The van der Waals surface area contributed by atoms with Crippen LogP contribution in [0.25, 0.3) is 0 Å². The van der Waals surface area contributed by atoms with Crippen molar-refractivity contribution < 1.29 is 0 Å². The van der Waals surface area contributed by atoms with E-state index in [0.29, 0.717) is 6.04 Å². The lowest BCUT2D eigenvalue weighted by atomic mass is 10.1. The van der Waals surface area contributed by atoms with Crippen LogP contribution >= 0.6 is 11.8 Å². The zero-order valence-electron chi connectivity index (χ0n) is 8.31. The van der Waals surface area contributed by atoms with E-state index in [2.05, 4.69) is 31.7 Å². The van der Waals surface area contributed by atoms with Crippen LogP contribution in [-0.4, -0.2) is 18.1 Å². The van der Waals surface area contributed by atoms with Gasteiger partial charge in [-0.2, -0.15) is 11.8 Å². The molecule has 1 N–H and O–H groups in total. The molecule has 0 aliphatic heterocycles. The number of rotatable bonds is 6. The van der Waals surface area contributed by atoms with Gasteiger partial charge in [0, 0.05) is 11.7 Å². The molecule has 0 rings (SSSR count). The third kappa shape index (κ3) is 5.30. The van der Waals surface area contributed by atoms with Gasteiger partial charge >= 0.3 is 0 Å². The maximum absolute atomic E-state index is 3.95. The lowest BCUT2D eigenvalue weighted by Gasteiger charge is -2.19. The Balaban J connectivity index is 3.87. The van der Waals surface area contributed by atoms with Crippen molar-refractivity contribution in [2.75, 3.05) is 12.0 Å². The molecule has 1 nitrogen and oxygen atoms in total. The minimum Gasteiger partial charge on any atom is -0.383 e. The molecule has 0 bridgehead atoms. The molecule has 0 saturated carbocycles. The van der Waals surface area contributed by atoms with Crippen molar-refractivity contribution in [2.24, 2.45) is 0 Å². The van der Waals surface area contributed by atoms with Gasteiger partial charge in [0.1, 0.15) is 0 Å². The highest BCUT2D eigenvalue weighted by Crippen LogP contribution is 2.08. The van der Waals surface area contributed by atoms with Crippen LogP contribution in [0.3, 0.4) is 0 Å². The molecular formula is C10H19NS. The topological polar surface area (TPSA) is 12.0 Å². The van der Waals surface area contributed by atoms with Gasteiger partial charge in [0.15, 0.2) is 0 Å². The molecule has 0 radical (unpaired) electrons. The Labute approximate surface area is 80.3 Å². The Morgan fingerprint density at radius 3 is 2.33 bits per heavy atom. The summed E-state index contributed by atoms with van der Waals surface area (Å²) >= 11 is 1.86. The predicted octanol–water partition coefficient (Wildman–Crippen LogP) is 2.81. The Morgan fingerprint density at radius 1 is 1.42 bits per heavy atom. The van der Waals surface area contributed by atoms with E-state index in [0.717, 1.165) is 17.9 Å². The maximum atomic E-state index is 3.95. The summed E-state index contributed by atoms with van der Waals surface area (Å²) in [6.07, 6.45) is 3.25. The van der Waals surface area contributed by atoms with E-state index in [1.54, 1.807) is 0 Å². The molecule has 12 heavy (non-hydrogen) atoms. The third-order valence-corrected chi connectivity index (χ3v) is 2.27. The van der Waals surface area contributed by atoms with Crippen molar-refractivity contribution in [1.82, 2.24) is 5.32 Å². The van der Waals surface area contributed by atoms with Crippen LogP contribution in [-0.2, 0) is 0 Å². The van der Waals surface area contributed by atoms with Gasteiger partial charge in [0.25, 0.3) is 0 Å². The van der Waals surface area contributed by atoms with E-state index in [-0.39, 0.29) is 0 Å². The van der Waals surface area contributed by atoms with Crippen LogP contribution in [0.5, 0.6) is 0 Å². The highest BCUT2D eigenvalue weighted by molar-refractivity contribution is 7.98. The number of hydrogen-bond acceptors (Lipinski definition) is 2. The van der Waals surface area contributed by atoms with E-state index >= 15 is 0 Å². The first-order valence-electron chi connectivity index (χ1n) is 4.14. The second kappa shape index (κ2) is 6.18. The molecule has 0 heterocycles. The molecule has 0 aromatic rings. The fraction of sp³-hybridized carbons (Fsp3) is 0.600. The second-order valence-electron chi connectivity index (χ2n) is 3.11. The lowest BCUT2D eigenvalue weighted by Crippen LogP contribution is -2.28. The molecule has 70 valence electrons. The van der Waals surface area contributed by atoms with Crippen molar-refractivity contribution in [3.05, 3.63) is 24.4 Å². The van der Waals surface area contributed by atoms with Gasteiger partial charge < -0.3 is 5.32 Å². The molecule has 0 fully saturated rings. The summed E-state index contributed by atoms with van der Waals surface area (Å²) in [6.45, 7) is 11.8. The highest BCUT2D eigenvalue weighted by Gasteiger charge is 2.06. The van der Waals surface area contributed by atoms with Gasteiger partial charge in [-0.25, -0.2) is 0 Å². The third-order valence-electron chi connectivity index (χ3n) is 1.63. The van der Waals surface area contributed by atoms with Crippen LogP contribution in [0.2, 0.25) is 0 Å². The van der Waals surface area contributed by atoms with Crippen LogP contribution < -0.4 is 5.32 Å². The van der Waals surface area contributed by atoms with Crippen molar-refractivity contribution in [1.29, 1.82) is 0 Å². The maximum Gasteiger partial charge on any atom is 0.0473 e. The lowest BCUT2D eigenvalue weighted by molar-refractivity contribution is 0.626. The fourth-order valence-corrected chi connectivity index (χ4v) is 1.45. The van der Waals surface area contributed by atoms with Gasteiger partial charge in [0.05, 0.1) is 0 Å². The van der Waals surface area contributed by atoms with Crippen LogP contribution in [0.15, 0.2) is 24.4 Å². The molecule has 0 saturated heterocycles. The molecule has 1 atom stereocenters. The van der Waals surface area contributed by atoms with E-state index in [4.69, 9.17) is 0 Å². The van der Waals surface area contributed by atoms with Crippen molar-refractivity contribution in [3.63, 3.8) is 0 Å². The summed E-state index contributed by atoms with van der Waals surface area (Å²) in [5, 5.41) is 3.31. The molecule has 2 heteroatoms. The Hall–Kier alpha value is -0.370. The zero-order valence-corrected chi connectivity index (χ0v) is 9.13. The minimum atomic E-state index is 0.398. The van der Waals surface area contributed by atoms with Gasteiger partial charge in [0.2, 0.25) is 0 Å². The highest BCUT2D eigenvalue weighted by atomic mass is 32.2. The molecule has 0 aliphatic carbocycles. The first-order chi connectivity index (χ1) is 5.57. The monoisotopic (exact) mass is 185 g/mol. The molecule has 0 aliphatic rings. The molecule has 0 unspecified atom stereocenters. The Morgan fingerprint density at radius 2 is 2.00 bits per heavy atom. The largest absolute Gasteiger partial charge is 0.383 e. The average molecular weight is 185 g/mol. The zero-order chi connectivity index (χ0) is 9.56. The molecular weight excluding hydrogens is 166 g/mol. The Kier molecular flexibility index (Phi) is 5.99. The minimum absolute atomic E-state index is 0.398. The summed E-state index contributed by atoms with van der Waals surface area (Å²) in [6, 6.07) is 0.398. The predicted molar refractivity (Wildman–Crippen MR) is 59.6 cm³/mol. The normalized spacial score (nSPS) is 12.2. The first-order valence-corrected chi connectivity index (χ1v) is 5.53. The molecule has 0 aromatic carbocycles. The van der Waals surface area contributed by atoms with Crippen LogP contribution in [0.4, 0.5) is 0 Å². The fourth-order valence-electron chi connectivity index (χ4n) is 0.975. The second-order valence-corrected chi connectivity index (χ2v) is 4.09. The number of hydrogen-bond donors (Lipinski definition) is 1. The van der Waals surface area contributed by atoms with Crippen LogP contribution in [0.1, 0.15) is 20.3 Å². The SMILES string of the molecule is C=C(C)N[C@@H](CCSC)C(=C)C. The van der Waals surface area contributed by atoms with Crippen molar-refractivity contribution >= 4 is 11.8 Å². The summed E-state index contributed by atoms with van der Waals surface area (Å²) in [4.78, 5) is 0. The Bertz CT molecular complexity index is 163. The van der Waals surface area contributed by atoms with E-state index in [1.807, 2.05) is 18.7 Å². The van der Waals surface area contributed by atoms with E-state index < -0.39 is 0 Å². The quantitative estimate of drug-likeness (QED) is 0.639. The summed E-state index contributed by atoms with van der Waals surface area (Å²) in [5.74, 6) is 1.16. The molecule has 0 spiro atoms. The molecule has 0 amide bonds. The van der Waals surface area contributed by atoms with Crippen molar-refractivity contribution in [3.8, 4) is 0 Å². The van der Waals surface area contributed by atoms with E-state index in [9.17, 15) is 0 Å². The summed E-state index contributed by atoms with van der Waals surface area (Å²) in [7, 11) is 0. The molecule has 0 aromatic heterocycles. The van der Waals surface area contributed by atoms with Gasteiger partial charge in [-0.15, -0.1) is 0 Å². The van der Waals surface area contributed by atoms with Gasteiger partial charge in [-0.05, 0) is 32.3 Å². The van der Waals surface area contributed by atoms with Gasteiger partial charge in [-0.3, -0.25) is 0 Å². The van der Waals surface area contributed by atoms with Crippen LogP contribution in [0, 0.1) is 0 Å². The van der Waals surface area contributed by atoms with Crippen molar-refractivity contribution in [2.45, 2.75) is 26.3 Å². The summed E-state index contributed by atoms with van der Waals surface area (Å²) < 4.78 is 0. The number of thioether (sulfide) groups is 1. The standard InChI is InChI=1S/C10H19NS/c1-8(2)10(6-7-12-5)11-9(3)4/h10-11H,1,3,6-7H2,2,4-5H3/t10-/m0/s1.